The fourth-order valence-electron chi connectivity index (χ4n) is 3.84. The average Bonchev–Trinajstić information content (AvgIpc) is 3.04. The lowest BCUT2D eigenvalue weighted by Crippen LogP contribution is -2.48. The Labute approximate surface area is 166 Å². The number of piperazine rings is 1. The van der Waals surface area contributed by atoms with Crippen molar-refractivity contribution < 1.29 is 4.39 Å². The molecule has 28 heavy (non-hydrogen) atoms. The second-order valence-electron chi connectivity index (χ2n) is 7.78. The number of benzene rings is 2. The second-order valence-corrected chi connectivity index (χ2v) is 7.78. The fraction of sp³-hybridized carbons (Fsp3) is 0.409. The van der Waals surface area contributed by atoms with E-state index in [2.05, 4.69) is 33.8 Å². The maximum absolute atomic E-state index is 14.7. The molecular weight excluding hydrogens is 353 g/mol. The van der Waals surface area contributed by atoms with E-state index in [9.17, 15) is 4.39 Å². The first-order valence-corrected chi connectivity index (χ1v) is 9.86. The van der Waals surface area contributed by atoms with Crippen LogP contribution in [0.3, 0.4) is 0 Å². The van der Waals surface area contributed by atoms with Gasteiger partial charge in [0.25, 0.3) is 0 Å². The maximum Gasteiger partial charge on any atom is 0.143 e. The Bertz CT molecular complexity index is 957. The molecular formula is C22H28FN5. The van der Waals surface area contributed by atoms with Gasteiger partial charge >= 0.3 is 0 Å². The molecule has 1 aromatic heterocycles. The average molecular weight is 381 g/mol. The number of halogens is 1. The number of aryl methyl sites for hydroxylation is 1. The van der Waals surface area contributed by atoms with E-state index < -0.39 is 0 Å². The summed E-state index contributed by atoms with van der Waals surface area (Å²) in [7, 11) is 6.16. The number of para-hydroxylation sites is 2. The molecule has 1 aliphatic rings. The lowest BCUT2D eigenvalue weighted by atomic mass is 10.1. The predicted octanol–water partition coefficient (Wildman–Crippen LogP) is 3.06. The van der Waals surface area contributed by atoms with Gasteiger partial charge in [-0.3, -0.25) is 4.90 Å². The first-order valence-electron chi connectivity index (χ1n) is 9.86. The summed E-state index contributed by atoms with van der Waals surface area (Å²) in [5.74, 6) is 0.442. The Morgan fingerprint density at radius 2 is 1.79 bits per heavy atom. The summed E-state index contributed by atoms with van der Waals surface area (Å²) in [6, 6.07) is 13.3. The smallest absolute Gasteiger partial charge is 0.143 e. The topological polar surface area (TPSA) is 27.5 Å². The van der Waals surface area contributed by atoms with E-state index in [1.165, 1.54) is 0 Å². The number of hydrogen-bond acceptors (Lipinski definition) is 4. The van der Waals surface area contributed by atoms with Crippen molar-refractivity contribution in [2.24, 2.45) is 7.05 Å². The molecule has 0 N–H and O–H groups in total. The molecule has 0 bridgehead atoms. The Kier molecular flexibility index (Phi) is 5.33. The Hall–Kier alpha value is -2.44. The molecule has 0 saturated carbocycles. The third-order valence-electron chi connectivity index (χ3n) is 5.58. The lowest BCUT2D eigenvalue weighted by molar-refractivity contribution is 0.229. The maximum atomic E-state index is 14.7. The molecule has 6 heteroatoms. The molecule has 148 valence electrons. The van der Waals surface area contributed by atoms with Crippen LogP contribution in [-0.2, 0) is 7.05 Å². The summed E-state index contributed by atoms with van der Waals surface area (Å²) in [5.41, 5.74) is 3.53. The van der Waals surface area contributed by atoms with Gasteiger partial charge in [-0.1, -0.05) is 12.1 Å². The zero-order valence-corrected chi connectivity index (χ0v) is 16.9. The lowest BCUT2D eigenvalue weighted by Gasteiger charge is -2.36. The highest BCUT2D eigenvalue weighted by molar-refractivity contribution is 5.81. The molecule has 4 rings (SSSR count). The zero-order valence-electron chi connectivity index (χ0n) is 16.9. The van der Waals surface area contributed by atoms with Crippen molar-refractivity contribution in [3.8, 4) is 11.4 Å². The highest BCUT2D eigenvalue weighted by Gasteiger charge is 2.20. The van der Waals surface area contributed by atoms with Crippen LogP contribution in [0.4, 0.5) is 10.1 Å². The molecule has 3 aromatic rings. The van der Waals surface area contributed by atoms with Crippen molar-refractivity contribution in [1.29, 1.82) is 0 Å². The zero-order chi connectivity index (χ0) is 19.7. The fourth-order valence-corrected chi connectivity index (χ4v) is 3.84. The number of imidazole rings is 1. The van der Waals surface area contributed by atoms with Crippen LogP contribution in [0.15, 0.2) is 42.5 Å². The van der Waals surface area contributed by atoms with Gasteiger partial charge in [0, 0.05) is 52.0 Å². The van der Waals surface area contributed by atoms with Crippen LogP contribution < -0.4 is 4.90 Å². The van der Waals surface area contributed by atoms with Gasteiger partial charge in [-0.15, -0.1) is 0 Å². The van der Waals surface area contributed by atoms with Gasteiger partial charge in [0.15, 0.2) is 0 Å². The molecule has 2 heterocycles. The van der Waals surface area contributed by atoms with Crippen molar-refractivity contribution in [3.63, 3.8) is 0 Å². The minimum Gasteiger partial charge on any atom is -0.369 e. The molecule has 1 aliphatic heterocycles. The monoisotopic (exact) mass is 381 g/mol. The molecule has 1 fully saturated rings. The van der Waals surface area contributed by atoms with Crippen LogP contribution in [0.1, 0.15) is 0 Å². The van der Waals surface area contributed by atoms with Gasteiger partial charge in [0.05, 0.1) is 16.6 Å². The molecule has 5 nitrogen and oxygen atoms in total. The second kappa shape index (κ2) is 7.89. The first kappa shape index (κ1) is 18.9. The number of hydrogen-bond donors (Lipinski definition) is 0. The minimum absolute atomic E-state index is 0.230. The van der Waals surface area contributed by atoms with Crippen molar-refractivity contribution in [3.05, 3.63) is 48.3 Å². The molecule has 2 aromatic carbocycles. The quantitative estimate of drug-likeness (QED) is 0.679. The first-order chi connectivity index (χ1) is 13.5. The summed E-state index contributed by atoms with van der Waals surface area (Å²) in [4.78, 5) is 11.7. The predicted molar refractivity (Wildman–Crippen MR) is 113 cm³/mol. The van der Waals surface area contributed by atoms with Crippen LogP contribution in [0.2, 0.25) is 0 Å². The van der Waals surface area contributed by atoms with Crippen molar-refractivity contribution >= 4 is 16.7 Å². The molecule has 1 saturated heterocycles. The van der Waals surface area contributed by atoms with Gasteiger partial charge in [0.2, 0.25) is 0 Å². The summed E-state index contributed by atoms with van der Waals surface area (Å²) in [5, 5.41) is 0. The molecule has 0 atom stereocenters. The molecule has 0 spiro atoms. The number of fused-ring (bicyclic) bond motifs is 1. The standard InChI is InChI=1S/C22H28FN5/c1-25(2)10-11-27-12-14-28(15-13-27)17-8-9-19(23)18(16-17)22-24-20-6-4-5-7-21(20)26(22)3/h4-9,16H,10-15H2,1-3H3. The number of likely N-dealkylation sites (N-methyl/N-ethyl adjacent to an activating group) is 1. The van der Waals surface area contributed by atoms with Crippen LogP contribution in [0, 0.1) is 5.82 Å². The normalized spacial score (nSPS) is 15.7. The van der Waals surface area contributed by atoms with E-state index in [0.29, 0.717) is 11.4 Å². The number of anilines is 1. The van der Waals surface area contributed by atoms with Gasteiger partial charge in [0.1, 0.15) is 11.6 Å². The number of nitrogens with zero attached hydrogens (tertiary/aromatic N) is 5. The van der Waals surface area contributed by atoms with Gasteiger partial charge in [-0.2, -0.15) is 0 Å². The molecule has 0 unspecified atom stereocenters. The van der Waals surface area contributed by atoms with Crippen molar-refractivity contribution in [1.82, 2.24) is 19.4 Å². The summed E-state index contributed by atoms with van der Waals surface area (Å²) >= 11 is 0. The van der Waals surface area contributed by atoms with E-state index in [1.807, 2.05) is 48.0 Å². The van der Waals surface area contributed by atoms with E-state index in [1.54, 1.807) is 6.07 Å². The largest absolute Gasteiger partial charge is 0.369 e. The third-order valence-corrected chi connectivity index (χ3v) is 5.58. The van der Waals surface area contributed by atoms with E-state index in [4.69, 9.17) is 0 Å². The van der Waals surface area contributed by atoms with Crippen LogP contribution >= 0.6 is 0 Å². The van der Waals surface area contributed by atoms with Crippen molar-refractivity contribution in [2.75, 3.05) is 58.3 Å². The van der Waals surface area contributed by atoms with Crippen LogP contribution in [0.5, 0.6) is 0 Å². The number of aromatic nitrogens is 2. The molecule has 0 radical (unpaired) electrons. The summed E-state index contributed by atoms with van der Waals surface area (Å²) in [6.07, 6.45) is 0. The molecule has 0 aliphatic carbocycles. The van der Waals surface area contributed by atoms with Gasteiger partial charge in [-0.05, 0) is 44.4 Å². The van der Waals surface area contributed by atoms with Crippen LogP contribution in [0.25, 0.3) is 22.4 Å². The Morgan fingerprint density at radius 1 is 1.04 bits per heavy atom. The Morgan fingerprint density at radius 3 is 2.50 bits per heavy atom. The highest BCUT2D eigenvalue weighted by Crippen LogP contribution is 2.30. The minimum atomic E-state index is -0.230. The number of rotatable bonds is 5. The van der Waals surface area contributed by atoms with Crippen molar-refractivity contribution in [2.45, 2.75) is 0 Å². The summed E-state index contributed by atoms with van der Waals surface area (Å²) in [6.45, 7) is 6.16. The molecule has 0 amide bonds. The van der Waals surface area contributed by atoms with Gasteiger partial charge in [-0.25, -0.2) is 9.37 Å². The van der Waals surface area contributed by atoms with E-state index in [-0.39, 0.29) is 5.82 Å². The van der Waals surface area contributed by atoms with E-state index >= 15 is 0 Å². The third kappa shape index (κ3) is 3.75. The Balaban J connectivity index is 1.56. The van der Waals surface area contributed by atoms with E-state index in [0.717, 1.165) is 56.0 Å². The SMILES string of the molecule is CN(C)CCN1CCN(c2ccc(F)c(-c3nc4ccccc4n3C)c2)CC1. The van der Waals surface area contributed by atoms with Gasteiger partial charge < -0.3 is 14.4 Å². The van der Waals surface area contributed by atoms with Crippen LogP contribution in [-0.4, -0.2) is 72.7 Å². The summed E-state index contributed by atoms with van der Waals surface area (Å²) < 4.78 is 16.7. The highest BCUT2D eigenvalue weighted by atomic mass is 19.1.